The lowest BCUT2D eigenvalue weighted by molar-refractivity contribution is 0.199. The second-order valence-corrected chi connectivity index (χ2v) is 5.41. The van der Waals surface area contributed by atoms with Crippen molar-refractivity contribution in [3.05, 3.63) is 29.8 Å². The van der Waals surface area contributed by atoms with Crippen molar-refractivity contribution in [1.29, 1.82) is 0 Å². The van der Waals surface area contributed by atoms with Crippen LogP contribution < -0.4 is 4.90 Å². The standard InChI is InChI=1S/C15H24N2O/c1-12(18)13-4-6-14(7-5-13)17(3)15-8-10-16(2)11-9-15/h4-7,12,15,18H,8-11H2,1-3H3/t12-/m0/s1. The van der Waals surface area contributed by atoms with Gasteiger partial charge in [-0.2, -0.15) is 0 Å². The van der Waals surface area contributed by atoms with E-state index in [4.69, 9.17) is 0 Å². The average molecular weight is 248 g/mol. The van der Waals surface area contributed by atoms with Crippen LogP contribution in [-0.2, 0) is 0 Å². The third-order valence-electron chi connectivity index (χ3n) is 4.02. The van der Waals surface area contributed by atoms with Crippen LogP contribution in [0.25, 0.3) is 0 Å². The quantitative estimate of drug-likeness (QED) is 0.889. The van der Waals surface area contributed by atoms with E-state index < -0.39 is 0 Å². The van der Waals surface area contributed by atoms with Gasteiger partial charge in [0.25, 0.3) is 0 Å². The SMILES string of the molecule is C[C@H](O)c1ccc(N(C)C2CCN(C)CC2)cc1. The van der Waals surface area contributed by atoms with Gasteiger partial charge in [0.2, 0.25) is 0 Å². The van der Waals surface area contributed by atoms with E-state index in [9.17, 15) is 5.11 Å². The van der Waals surface area contributed by atoms with E-state index in [-0.39, 0.29) is 6.10 Å². The van der Waals surface area contributed by atoms with Crippen LogP contribution in [0.1, 0.15) is 31.4 Å². The molecule has 1 aromatic carbocycles. The number of aliphatic hydroxyl groups is 1. The summed E-state index contributed by atoms with van der Waals surface area (Å²) in [6.45, 7) is 4.16. The molecule has 0 spiro atoms. The Morgan fingerprint density at radius 1 is 1.22 bits per heavy atom. The number of hydrogen-bond donors (Lipinski definition) is 1. The lowest BCUT2D eigenvalue weighted by Crippen LogP contribution is -2.41. The molecule has 0 radical (unpaired) electrons. The molecule has 1 aromatic rings. The van der Waals surface area contributed by atoms with E-state index in [0.717, 1.165) is 5.56 Å². The lowest BCUT2D eigenvalue weighted by Gasteiger charge is -2.36. The highest BCUT2D eigenvalue weighted by atomic mass is 16.3. The highest BCUT2D eigenvalue weighted by molar-refractivity contribution is 5.48. The van der Waals surface area contributed by atoms with Crippen LogP contribution in [0.3, 0.4) is 0 Å². The van der Waals surface area contributed by atoms with Gasteiger partial charge in [0.05, 0.1) is 6.10 Å². The zero-order valence-corrected chi connectivity index (χ0v) is 11.6. The second kappa shape index (κ2) is 5.72. The molecule has 0 bridgehead atoms. The maximum Gasteiger partial charge on any atom is 0.0761 e. The summed E-state index contributed by atoms with van der Waals surface area (Å²) >= 11 is 0. The fourth-order valence-corrected chi connectivity index (χ4v) is 2.58. The van der Waals surface area contributed by atoms with Crippen molar-refractivity contribution in [3.8, 4) is 0 Å². The van der Waals surface area contributed by atoms with E-state index in [1.165, 1.54) is 31.6 Å². The second-order valence-electron chi connectivity index (χ2n) is 5.41. The smallest absolute Gasteiger partial charge is 0.0761 e. The molecule has 0 aliphatic carbocycles. The molecule has 100 valence electrons. The predicted molar refractivity (Wildman–Crippen MR) is 76.0 cm³/mol. The normalized spacial score (nSPS) is 19.8. The van der Waals surface area contributed by atoms with Gasteiger partial charge in [-0.1, -0.05) is 12.1 Å². The first-order chi connectivity index (χ1) is 8.58. The Morgan fingerprint density at radius 2 is 1.78 bits per heavy atom. The summed E-state index contributed by atoms with van der Waals surface area (Å²) < 4.78 is 0. The van der Waals surface area contributed by atoms with Crippen molar-refractivity contribution in [3.63, 3.8) is 0 Å². The van der Waals surface area contributed by atoms with Crippen LogP contribution >= 0.6 is 0 Å². The summed E-state index contributed by atoms with van der Waals surface area (Å²) in [7, 11) is 4.36. The van der Waals surface area contributed by atoms with Gasteiger partial charge < -0.3 is 14.9 Å². The van der Waals surface area contributed by atoms with Crippen molar-refractivity contribution in [1.82, 2.24) is 4.90 Å². The molecular formula is C15H24N2O. The number of likely N-dealkylation sites (tertiary alicyclic amines) is 1. The monoisotopic (exact) mass is 248 g/mol. The van der Waals surface area contributed by atoms with Gasteiger partial charge in [-0.15, -0.1) is 0 Å². The molecule has 1 fully saturated rings. The van der Waals surface area contributed by atoms with Gasteiger partial charge in [-0.05, 0) is 57.6 Å². The predicted octanol–water partition coefficient (Wildman–Crippen LogP) is 2.27. The average Bonchev–Trinajstić information content (AvgIpc) is 2.39. The molecule has 0 saturated carbocycles. The van der Waals surface area contributed by atoms with Gasteiger partial charge in [0, 0.05) is 18.8 Å². The molecule has 1 aliphatic rings. The zero-order valence-electron chi connectivity index (χ0n) is 11.6. The first-order valence-corrected chi connectivity index (χ1v) is 6.77. The summed E-state index contributed by atoms with van der Waals surface area (Å²) in [6, 6.07) is 8.90. The van der Waals surface area contributed by atoms with Crippen molar-refractivity contribution in [2.45, 2.75) is 31.9 Å². The van der Waals surface area contributed by atoms with Crippen molar-refractivity contribution >= 4 is 5.69 Å². The Labute approximate surface area is 110 Å². The third kappa shape index (κ3) is 3.03. The molecule has 3 nitrogen and oxygen atoms in total. The first kappa shape index (κ1) is 13.4. The molecular weight excluding hydrogens is 224 g/mol. The Balaban J connectivity index is 2.02. The Hall–Kier alpha value is -1.06. The highest BCUT2D eigenvalue weighted by Crippen LogP contribution is 2.23. The topological polar surface area (TPSA) is 26.7 Å². The molecule has 0 unspecified atom stereocenters. The summed E-state index contributed by atoms with van der Waals surface area (Å²) in [5.41, 5.74) is 2.23. The number of rotatable bonds is 3. The maximum atomic E-state index is 9.51. The van der Waals surface area contributed by atoms with Crippen molar-refractivity contribution in [2.24, 2.45) is 0 Å². The number of piperidine rings is 1. The van der Waals surface area contributed by atoms with Crippen LogP contribution in [0.15, 0.2) is 24.3 Å². The number of hydrogen-bond acceptors (Lipinski definition) is 3. The van der Waals surface area contributed by atoms with Crippen LogP contribution in [-0.4, -0.2) is 43.2 Å². The molecule has 1 N–H and O–H groups in total. The van der Waals surface area contributed by atoms with Crippen molar-refractivity contribution in [2.75, 3.05) is 32.1 Å². The molecule has 0 amide bonds. The Morgan fingerprint density at radius 3 is 2.28 bits per heavy atom. The summed E-state index contributed by atoms with van der Waals surface area (Å²) in [5.74, 6) is 0. The van der Waals surface area contributed by atoms with Crippen LogP contribution in [0, 0.1) is 0 Å². The number of aliphatic hydroxyl groups excluding tert-OH is 1. The molecule has 0 aromatic heterocycles. The van der Waals surface area contributed by atoms with Gasteiger partial charge in [0.15, 0.2) is 0 Å². The minimum atomic E-state index is -0.382. The molecule has 18 heavy (non-hydrogen) atoms. The molecule has 2 rings (SSSR count). The molecule has 1 aliphatic heterocycles. The lowest BCUT2D eigenvalue weighted by atomic mass is 10.0. The van der Waals surface area contributed by atoms with E-state index in [0.29, 0.717) is 6.04 Å². The first-order valence-electron chi connectivity index (χ1n) is 6.77. The number of benzene rings is 1. The minimum Gasteiger partial charge on any atom is -0.389 e. The largest absolute Gasteiger partial charge is 0.389 e. The van der Waals surface area contributed by atoms with Gasteiger partial charge in [-0.25, -0.2) is 0 Å². The number of nitrogens with zero attached hydrogens (tertiary/aromatic N) is 2. The summed E-state index contributed by atoms with van der Waals surface area (Å²) in [5, 5.41) is 9.51. The van der Waals surface area contributed by atoms with Crippen LogP contribution in [0.2, 0.25) is 0 Å². The zero-order chi connectivity index (χ0) is 13.1. The minimum absolute atomic E-state index is 0.382. The van der Waals surface area contributed by atoms with Gasteiger partial charge >= 0.3 is 0 Å². The molecule has 1 saturated heterocycles. The van der Waals surface area contributed by atoms with Crippen LogP contribution in [0.5, 0.6) is 0 Å². The fourth-order valence-electron chi connectivity index (χ4n) is 2.58. The van der Waals surface area contributed by atoms with Gasteiger partial charge in [-0.3, -0.25) is 0 Å². The molecule has 1 atom stereocenters. The number of anilines is 1. The Kier molecular flexibility index (Phi) is 4.25. The molecule has 3 heteroatoms. The van der Waals surface area contributed by atoms with E-state index >= 15 is 0 Å². The van der Waals surface area contributed by atoms with Crippen LogP contribution in [0.4, 0.5) is 5.69 Å². The summed E-state index contributed by atoms with van der Waals surface area (Å²) in [4.78, 5) is 4.76. The Bertz CT molecular complexity index is 367. The maximum absolute atomic E-state index is 9.51. The third-order valence-corrected chi connectivity index (χ3v) is 4.02. The van der Waals surface area contributed by atoms with Gasteiger partial charge in [0.1, 0.15) is 0 Å². The van der Waals surface area contributed by atoms with E-state index in [1.807, 2.05) is 12.1 Å². The summed E-state index contributed by atoms with van der Waals surface area (Å²) in [6.07, 6.45) is 2.07. The van der Waals surface area contributed by atoms with E-state index in [2.05, 4.69) is 36.0 Å². The van der Waals surface area contributed by atoms with E-state index in [1.54, 1.807) is 6.92 Å². The van der Waals surface area contributed by atoms with Crippen molar-refractivity contribution < 1.29 is 5.11 Å². The molecule has 1 heterocycles. The fraction of sp³-hybridized carbons (Fsp3) is 0.600. The highest BCUT2D eigenvalue weighted by Gasteiger charge is 2.20.